The number of aromatic nitrogens is 2. The summed E-state index contributed by atoms with van der Waals surface area (Å²) in [4.78, 5) is 23.4. The molecule has 2 amide bonds. The van der Waals surface area contributed by atoms with E-state index in [0.29, 0.717) is 17.9 Å². The van der Waals surface area contributed by atoms with Gasteiger partial charge in [-0.15, -0.1) is 0 Å². The lowest BCUT2D eigenvalue weighted by Gasteiger charge is -2.06. The fourth-order valence-electron chi connectivity index (χ4n) is 3.16. The highest BCUT2D eigenvalue weighted by atomic mass is 16.2. The maximum absolute atomic E-state index is 12.3. The Hall–Kier alpha value is -3.67. The van der Waals surface area contributed by atoms with Gasteiger partial charge in [0.15, 0.2) is 0 Å². The summed E-state index contributed by atoms with van der Waals surface area (Å²) in [5.41, 5.74) is 6.58. The van der Waals surface area contributed by atoms with Crippen molar-refractivity contribution in [2.75, 3.05) is 10.6 Å². The number of hydrogen-bond acceptors (Lipinski definition) is 3. The second-order valence-electron chi connectivity index (χ2n) is 7.31. The first kappa shape index (κ1) is 21.0. The second-order valence-corrected chi connectivity index (χ2v) is 7.31. The van der Waals surface area contributed by atoms with Gasteiger partial charge in [-0.05, 0) is 56.7 Å². The molecule has 0 saturated carbocycles. The first-order valence-corrected chi connectivity index (χ1v) is 9.78. The molecule has 0 spiro atoms. The number of rotatable bonds is 6. The zero-order valence-corrected chi connectivity index (χ0v) is 17.7. The fourth-order valence-corrected chi connectivity index (χ4v) is 3.16. The molecular formula is C24H26N4O2. The van der Waals surface area contributed by atoms with Crippen LogP contribution in [0.1, 0.15) is 35.0 Å². The van der Waals surface area contributed by atoms with Crippen molar-refractivity contribution in [3.8, 4) is 0 Å². The zero-order chi connectivity index (χ0) is 21.7. The number of nitrogens with zero attached hydrogens (tertiary/aromatic N) is 2. The van der Waals surface area contributed by atoms with Gasteiger partial charge in [-0.3, -0.25) is 14.3 Å². The molecule has 0 aliphatic rings. The lowest BCUT2D eigenvalue weighted by atomic mass is 10.1. The number of aryl methyl sites for hydroxylation is 2. The van der Waals surface area contributed by atoms with Gasteiger partial charge in [-0.1, -0.05) is 29.8 Å². The third-order valence-corrected chi connectivity index (χ3v) is 4.76. The molecule has 0 saturated heterocycles. The molecule has 0 aliphatic heterocycles. The molecule has 0 atom stereocenters. The number of carbonyl (C=O) groups is 2. The predicted molar refractivity (Wildman–Crippen MR) is 120 cm³/mol. The highest BCUT2D eigenvalue weighted by molar-refractivity contribution is 6.02. The summed E-state index contributed by atoms with van der Waals surface area (Å²) in [5, 5.41) is 10.1. The van der Waals surface area contributed by atoms with Crippen LogP contribution < -0.4 is 10.6 Å². The van der Waals surface area contributed by atoms with E-state index in [9.17, 15) is 9.59 Å². The molecule has 0 bridgehead atoms. The Kier molecular flexibility index (Phi) is 6.47. The van der Waals surface area contributed by atoms with Gasteiger partial charge in [-0.2, -0.15) is 5.10 Å². The molecule has 1 heterocycles. The summed E-state index contributed by atoms with van der Waals surface area (Å²) in [7, 11) is 0. The molecule has 0 radical (unpaired) electrons. The van der Waals surface area contributed by atoms with Crippen LogP contribution in [0.15, 0.2) is 54.6 Å². The van der Waals surface area contributed by atoms with E-state index in [4.69, 9.17) is 0 Å². The number of benzene rings is 2. The van der Waals surface area contributed by atoms with Crippen molar-refractivity contribution in [3.63, 3.8) is 0 Å². The summed E-state index contributed by atoms with van der Waals surface area (Å²) in [6.45, 7) is 8.16. The smallest absolute Gasteiger partial charge is 0.248 e. The van der Waals surface area contributed by atoms with Crippen molar-refractivity contribution in [2.24, 2.45) is 0 Å². The van der Waals surface area contributed by atoms with E-state index in [1.807, 2.05) is 18.5 Å². The van der Waals surface area contributed by atoms with Gasteiger partial charge < -0.3 is 10.6 Å². The van der Waals surface area contributed by atoms with Crippen LogP contribution in [0.3, 0.4) is 0 Å². The summed E-state index contributed by atoms with van der Waals surface area (Å²) in [6, 6.07) is 15.4. The molecule has 6 nitrogen and oxygen atoms in total. The number of amides is 2. The van der Waals surface area contributed by atoms with Crippen LogP contribution in [0.25, 0.3) is 6.08 Å². The van der Waals surface area contributed by atoms with Crippen LogP contribution in [0.4, 0.5) is 11.4 Å². The standard InChI is InChI=1S/C24H26N4O2/c1-16-5-7-20(8-6-16)15-28-18(3)23(17(2)27-28)13-14-24(30)26-22-11-9-21(10-12-22)25-19(4)29/h5-14H,15H2,1-4H3,(H,25,29)(H,26,30)/b14-13+. The van der Waals surface area contributed by atoms with E-state index in [1.54, 1.807) is 30.3 Å². The average Bonchev–Trinajstić information content (AvgIpc) is 2.96. The quantitative estimate of drug-likeness (QED) is 0.598. The van der Waals surface area contributed by atoms with Gasteiger partial charge in [0, 0.05) is 35.6 Å². The normalized spacial score (nSPS) is 10.9. The Morgan fingerprint density at radius 3 is 2.13 bits per heavy atom. The molecule has 1 aromatic heterocycles. The van der Waals surface area contributed by atoms with Crippen molar-refractivity contribution in [3.05, 3.63) is 82.7 Å². The molecule has 6 heteroatoms. The van der Waals surface area contributed by atoms with Gasteiger partial charge in [0.1, 0.15) is 0 Å². The highest BCUT2D eigenvalue weighted by Gasteiger charge is 2.10. The first-order chi connectivity index (χ1) is 14.3. The molecule has 2 aromatic carbocycles. The van der Waals surface area contributed by atoms with Crippen LogP contribution in [0, 0.1) is 20.8 Å². The molecule has 0 unspecified atom stereocenters. The van der Waals surface area contributed by atoms with E-state index in [2.05, 4.69) is 46.9 Å². The van der Waals surface area contributed by atoms with Gasteiger partial charge in [0.2, 0.25) is 11.8 Å². The minimum absolute atomic E-state index is 0.136. The molecule has 0 aliphatic carbocycles. The van der Waals surface area contributed by atoms with Crippen molar-refractivity contribution in [1.82, 2.24) is 9.78 Å². The molecule has 30 heavy (non-hydrogen) atoms. The van der Waals surface area contributed by atoms with Crippen molar-refractivity contribution < 1.29 is 9.59 Å². The molecule has 3 aromatic rings. The van der Waals surface area contributed by atoms with Crippen LogP contribution >= 0.6 is 0 Å². The number of carbonyl (C=O) groups excluding carboxylic acids is 2. The van der Waals surface area contributed by atoms with E-state index in [-0.39, 0.29) is 11.8 Å². The zero-order valence-electron chi connectivity index (χ0n) is 17.7. The van der Waals surface area contributed by atoms with Crippen LogP contribution in [0.5, 0.6) is 0 Å². The average molecular weight is 402 g/mol. The fraction of sp³-hybridized carbons (Fsp3) is 0.208. The van der Waals surface area contributed by atoms with Crippen molar-refractivity contribution in [1.29, 1.82) is 0 Å². The summed E-state index contributed by atoms with van der Waals surface area (Å²) in [6.07, 6.45) is 3.30. The maximum Gasteiger partial charge on any atom is 0.248 e. The predicted octanol–water partition coefficient (Wildman–Crippen LogP) is 4.47. The van der Waals surface area contributed by atoms with E-state index >= 15 is 0 Å². The summed E-state index contributed by atoms with van der Waals surface area (Å²) < 4.78 is 1.96. The van der Waals surface area contributed by atoms with E-state index in [0.717, 1.165) is 17.0 Å². The van der Waals surface area contributed by atoms with Crippen LogP contribution in [0.2, 0.25) is 0 Å². The summed E-state index contributed by atoms with van der Waals surface area (Å²) >= 11 is 0. The molecule has 2 N–H and O–H groups in total. The summed E-state index contributed by atoms with van der Waals surface area (Å²) in [5.74, 6) is -0.365. The van der Waals surface area contributed by atoms with Gasteiger partial charge in [0.25, 0.3) is 0 Å². The number of hydrogen-bond donors (Lipinski definition) is 2. The maximum atomic E-state index is 12.3. The minimum Gasteiger partial charge on any atom is -0.326 e. The lowest BCUT2D eigenvalue weighted by Crippen LogP contribution is -2.09. The van der Waals surface area contributed by atoms with E-state index < -0.39 is 0 Å². The van der Waals surface area contributed by atoms with Gasteiger partial charge in [-0.25, -0.2) is 0 Å². The monoisotopic (exact) mass is 402 g/mol. The Labute approximate surface area is 176 Å². The third kappa shape index (κ3) is 5.44. The molecule has 0 fully saturated rings. The lowest BCUT2D eigenvalue weighted by molar-refractivity contribution is -0.114. The van der Waals surface area contributed by atoms with Crippen LogP contribution in [-0.4, -0.2) is 21.6 Å². The largest absolute Gasteiger partial charge is 0.326 e. The number of anilines is 2. The second kappa shape index (κ2) is 9.22. The topological polar surface area (TPSA) is 76.0 Å². The molecular weight excluding hydrogens is 376 g/mol. The molecule has 3 rings (SSSR count). The third-order valence-electron chi connectivity index (χ3n) is 4.76. The first-order valence-electron chi connectivity index (χ1n) is 9.78. The van der Waals surface area contributed by atoms with Gasteiger partial charge >= 0.3 is 0 Å². The van der Waals surface area contributed by atoms with Crippen LogP contribution in [-0.2, 0) is 16.1 Å². The van der Waals surface area contributed by atoms with Gasteiger partial charge in [0.05, 0.1) is 12.2 Å². The number of nitrogens with one attached hydrogen (secondary N) is 2. The molecule has 154 valence electrons. The Bertz CT molecular complexity index is 1080. The van der Waals surface area contributed by atoms with E-state index in [1.165, 1.54) is 24.1 Å². The Balaban J connectivity index is 1.66. The SMILES string of the molecule is CC(=O)Nc1ccc(NC(=O)/C=C/c2c(C)nn(Cc3ccc(C)cc3)c2C)cc1. The van der Waals surface area contributed by atoms with Crippen molar-refractivity contribution >= 4 is 29.3 Å². The minimum atomic E-state index is -0.229. The Morgan fingerprint density at radius 2 is 1.53 bits per heavy atom. The highest BCUT2D eigenvalue weighted by Crippen LogP contribution is 2.18. The Morgan fingerprint density at radius 1 is 0.933 bits per heavy atom. The van der Waals surface area contributed by atoms with Crippen molar-refractivity contribution in [2.45, 2.75) is 34.2 Å².